The van der Waals surface area contributed by atoms with Gasteiger partial charge in [-0.25, -0.2) is 0 Å². The number of halogens is 1. The molecule has 1 aromatic heterocycles. The van der Waals surface area contributed by atoms with Gasteiger partial charge in [0.15, 0.2) is 5.82 Å². The van der Waals surface area contributed by atoms with E-state index in [1.54, 1.807) is 0 Å². The van der Waals surface area contributed by atoms with Crippen LogP contribution in [0.4, 0.5) is 5.82 Å². The van der Waals surface area contributed by atoms with Crippen LogP contribution in [0.2, 0.25) is 5.02 Å². The Bertz CT molecular complexity index is 498. The number of hydrogen-bond donors (Lipinski definition) is 1. The Morgan fingerprint density at radius 3 is 2.53 bits per heavy atom. The van der Waals surface area contributed by atoms with Crippen molar-refractivity contribution in [2.75, 3.05) is 18.0 Å². The monoisotopic (exact) mass is 247 g/mol. The lowest BCUT2D eigenvalue weighted by Crippen LogP contribution is -2.17. The fourth-order valence-corrected chi connectivity index (χ4v) is 2.32. The Hall–Kier alpha value is -1.48. The molecule has 2 aromatic rings. The average Bonchev–Trinajstić information content (AvgIpc) is 3.00. The molecule has 4 heteroatoms. The zero-order chi connectivity index (χ0) is 11.7. The van der Waals surface area contributed by atoms with Crippen molar-refractivity contribution in [2.24, 2.45) is 0 Å². The van der Waals surface area contributed by atoms with Crippen LogP contribution in [-0.4, -0.2) is 23.3 Å². The SMILES string of the molecule is Clc1ccc(-c2cc(N3CCCC3)n[nH]2)cc1. The van der Waals surface area contributed by atoms with E-state index < -0.39 is 0 Å². The lowest BCUT2D eigenvalue weighted by molar-refractivity contribution is 0.921. The van der Waals surface area contributed by atoms with Gasteiger partial charge < -0.3 is 4.90 Å². The number of H-pyrrole nitrogens is 1. The van der Waals surface area contributed by atoms with Crippen molar-refractivity contribution < 1.29 is 0 Å². The lowest BCUT2D eigenvalue weighted by Gasteiger charge is -2.12. The van der Waals surface area contributed by atoms with Crippen LogP contribution in [0.25, 0.3) is 11.3 Å². The first-order chi connectivity index (χ1) is 8.33. The van der Waals surface area contributed by atoms with E-state index in [2.05, 4.69) is 21.2 Å². The maximum Gasteiger partial charge on any atom is 0.150 e. The van der Waals surface area contributed by atoms with Gasteiger partial charge in [0.25, 0.3) is 0 Å². The first-order valence-electron chi connectivity index (χ1n) is 5.89. The Balaban J connectivity index is 1.86. The molecule has 3 nitrogen and oxygen atoms in total. The van der Waals surface area contributed by atoms with Crippen LogP contribution < -0.4 is 4.90 Å². The van der Waals surface area contributed by atoms with Gasteiger partial charge in [0.1, 0.15) is 0 Å². The second-order valence-corrected chi connectivity index (χ2v) is 4.78. The van der Waals surface area contributed by atoms with Crippen molar-refractivity contribution in [1.29, 1.82) is 0 Å². The average molecular weight is 248 g/mol. The Morgan fingerprint density at radius 1 is 1.12 bits per heavy atom. The number of aromatic amines is 1. The summed E-state index contributed by atoms with van der Waals surface area (Å²) in [5.74, 6) is 1.05. The van der Waals surface area contributed by atoms with Crippen molar-refractivity contribution in [3.8, 4) is 11.3 Å². The van der Waals surface area contributed by atoms with Crippen molar-refractivity contribution in [2.45, 2.75) is 12.8 Å². The van der Waals surface area contributed by atoms with Gasteiger partial charge in [-0.05, 0) is 30.5 Å². The molecule has 0 saturated carbocycles. The topological polar surface area (TPSA) is 31.9 Å². The predicted octanol–water partition coefficient (Wildman–Crippen LogP) is 3.33. The predicted molar refractivity (Wildman–Crippen MR) is 70.5 cm³/mol. The highest BCUT2D eigenvalue weighted by molar-refractivity contribution is 6.30. The van der Waals surface area contributed by atoms with E-state index in [0.717, 1.165) is 35.2 Å². The molecule has 0 radical (unpaired) electrons. The van der Waals surface area contributed by atoms with Gasteiger partial charge in [0, 0.05) is 24.2 Å². The molecule has 1 aliphatic heterocycles. The number of nitrogens with zero attached hydrogens (tertiary/aromatic N) is 2. The zero-order valence-electron chi connectivity index (χ0n) is 9.49. The van der Waals surface area contributed by atoms with Gasteiger partial charge in [-0.3, -0.25) is 5.10 Å². The third-order valence-electron chi connectivity index (χ3n) is 3.15. The van der Waals surface area contributed by atoms with Gasteiger partial charge in [-0.2, -0.15) is 5.10 Å². The number of aromatic nitrogens is 2. The molecule has 88 valence electrons. The van der Waals surface area contributed by atoms with E-state index in [9.17, 15) is 0 Å². The third-order valence-corrected chi connectivity index (χ3v) is 3.40. The minimum absolute atomic E-state index is 0.757. The summed E-state index contributed by atoms with van der Waals surface area (Å²) in [6.07, 6.45) is 2.53. The summed E-state index contributed by atoms with van der Waals surface area (Å²) in [4.78, 5) is 2.32. The van der Waals surface area contributed by atoms with Crippen LogP contribution >= 0.6 is 11.6 Å². The van der Waals surface area contributed by atoms with Gasteiger partial charge in [0.05, 0.1) is 5.69 Å². The second kappa shape index (κ2) is 4.41. The van der Waals surface area contributed by atoms with Crippen LogP contribution in [0.1, 0.15) is 12.8 Å². The highest BCUT2D eigenvalue weighted by atomic mass is 35.5. The second-order valence-electron chi connectivity index (χ2n) is 4.34. The first-order valence-corrected chi connectivity index (χ1v) is 6.27. The molecule has 0 atom stereocenters. The van der Waals surface area contributed by atoms with Crippen LogP contribution in [0.5, 0.6) is 0 Å². The van der Waals surface area contributed by atoms with Crippen molar-refractivity contribution in [3.63, 3.8) is 0 Å². The number of rotatable bonds is 2. The normalized spacial score (nSPS) is 15.5. The van der Waals surface area contributed by atoms with E-state index in [1.165, 1.54) is 12.8 Å². The Kier molecular flexibility index (Phi) is 2.77. The Morgan fingerprint density at radius 2 is 1.82 bits per heavy atom. The highest BCUT2D eigenvalue weighted by Gasteiger charge is 2.15. The summed E-state index contributed by atoms with van der Waals surface area (Å²) in [6.45, 7) is 2.23. The zero-order valence-corrected chi connectivity index (χ0v) is 10.2. The Labute approximate surface area is 105 Å². The molecule has 1 aliphatic rings. The first kappa shape index (κ1) is 10.7. The molecule has 0 aliphatic carbocycles. The van der Waals surface area contributed by atoms with Crippen molar-refractivity contribution in [3.05, 3.63) is 35.4 Å². The number of hydrogen-bond acceptors (Lipinski definition) is 2. The van der Waals surface area contributed by atoms with Crippen molar-refractivity contribution in [1.82, 2.24) is 10.2 Å². The van der Waals surface area contributed by atoms with E-state index in [0.29, 0.717) is 0 Å². The van der Waals surface area contributed by atoms with E-state index in [-0.39, 0.29) is 0 Å². The third kappa shape index (κ3) is 2.15. The number of benzene rings is 1. The van der Waals surface area contributed by atoms with Crippen LogP contribution in [0.3, 0.4) is 0 Å². The van der Waals surface area contributed by atoms with Gasteiger partial charge in [-0.15, -0.1) is 0 Å². The van der Waals surface area contributed by atoms with Crippen molar-refractivity contribution >= 4 is 17.4 Å². The molecule has 17 heavy (non-hydrogen) atoms. The molecular weight excluding hydrogens is 234 g/mol. The van der Waals surface area contributed by atoms with Crippen LogP contribution in [0.15, 0.2) is 30.3 Å². The van der Waals surface area contributed by atoms with Gasteiger partial charge in [0.2, 0.25) is 0 Å². The summed E-state index contributed by atoms with van der Waals surface area (Å²) in [6, 6.07) is 9.91. The van der Waals surface area contributed by atoms with E-state index >= 15 is 0 Å². The molecule has 2 heterocycles. The molecule has 0 unspecified atom stereocenters. The smallest absolute Gasteiger partial charge is 0.150 e. The molecule has 0 amide bonds. The number of nitrogens with one attached hydrogen (secondary N) is 1. The lowest BCUT2D eigenvalue weighted by atomic mass is 10.1. The molecule has 1 saturated heterocycles. The summed E-state index contributed by atoms with van der Waals surface area (Å²) in [5, 5.41) is 8.21. The summed E-state index contributed by atoms with van der Waals surface area (Å²) in [7, 11) is 0. The summed E-state index contributed by atoms with van der Waals surface area (Å²) < 4.78 is 0. The summed E-state index contributed by atoms with van der Waals surface area (Å²) in [5.41, 5.74) is 2.16. The van der Waals surface area contributed by atoms with E-state index in [1.807, 2.05) is 24.3 Å². The fourth-order valence-electron chi connectivity index (χ4n) is 2.20. The maximum absolute atomic E-state index is 5.87. The van der Waals surface area contributed by atoms with Gasteiger partial charge in [-0.1, -0.05) is 23.7 Å². The maximum atomic E-state index is 5.87. The molecule has 1 aromatic carbocycles. The largest absolute Gasteiger partial charge is 0.355 e. The number of anilines is 1. The molecule has 0 bridgehead atoms. The van der Waals surface area contributed by atoms with Gasteiger partial charge >= 0.3 is 0 Å². The summed E-state index contributed by atoms with van der Waals surface area (Å²) >= 11 is 5.87. The highest BCUT2D eigenvalue weighted by Crippen LogP contribution is 2.25. The fraction of sp³-hybridized carbons (Fsp3) is 0.308. The quantitative estimate of drug-likeness (QED) is 0.883. The molecular formula is C13H14ClN3. The molecule has 0 spiro atoms. The standard InChI is InChI=1S/C13H14ClN3/c14-11-5-3-10(4-6-11)12-9-13(16-15-12)17-7-1-2-8-17/h3-6,9H,1-2,7-8H2,(H,15,16). The van der Waals surface area contributed by atoms with Crippen LogP contribution in [-0.2, 0) is 0 Å². The molecule has 1 N–H and O–H groups in total. The minimum Gasteiger partial charge on any atom is -0.355 e. The molecule has 3 rings (SSSR count). The minimum atomic E-state index is 0.757. The molecule has 1 fully saturated rings. The van der Waals surface area contributed by atoms with Crippen LogP contribution in [0, 0.1) is 0 Å². The van der Waals surface area contributed by atoms with E-state index in [4.69, 9.17) is 11.6 Å².